The van der Waals surface area contributed by atoms with Crippen molar-refractivity contribution in [1.29, 1.82) is 0 Å². The molecule has 2 aromatic carbocycles. The Kier molecular flexibility index (Phi) is 7.21. The Morgan fingerprint density at radius 1 is 0.875 bits per heavy atom. The summed E-state index contributed by atoms with van der Waals surface area (Å²) in [6.45, 7) is 1.28. The molecule has 0 saturated carbocycles. The molecule has 0 bridgehead atoms. The maximum atomic E-state index is 15.9. The predicted molar refractivity (Wildman–Crippen MR) is 143 cm³/mol. The minimum atomic E-state index is -4.86. The minimum Gasteiger partial charge on any atom is -0.357 e. The summed E-state index contributed by atoms with van der Waals surface area (Å²) in [5, 5.41) is 3.12. The monoisotopic (exact) mass is 586 g/mol. The number of anilines is 2. The number of nitrogens with zero attached hydrogens (tertiary/aromatic N) is 4. The lowest BCUT2D eigenvalue weighted by atomic mass is 10.1. The van der Waals surface area contributed by atoms with Gasteiger partial charge in [-0.3, -0.25) is 9.71 Å². The van der Waals surface area contributed by atoms with Crippen LogP contribution in [0.3, 0.4) is 0 Å². The normalized spacial score (nSPS) is 11.4. The third-order valence-electron chi connectivity index (χ3n) is 5.69. The zero-order chi connectivity index (χ0) is 28.6. The molecular weight excluding hydrogens is 568 g/mol. The van der Waals surface area contributed by atoms with Gasteiger partial charge in [0, 0.05) is 18.8 Å². The Balaban J connectivity index is 1.65. The van der Waals surface area contributed by atoms with Crippen molar-refractivity contribution < 1.29 is 26.0 Å². The van der Waals surface area contributed by atoms with E-state index < -0.39 is 43.9 Å². The first-order valence-electron chi connectivity index (χ1n) is 11.5. The Hall–Kier alpha value is -4.43. The van der Waals surface area contributed by atoms with Crippen LogP contribution in [0.1, 0.15) is 5.56 Å². The van der Waals surface area contributed by atoms with Gasteiger partial charge >= 0.3 is 0 Å². The van der Waals surface area contributed by atoms with Crippen LogP contribution >= 0.6 is 11.3 Å². The fraction of sp³-hybridized carbons (Fsp3) is 0.0769. The van der Waals surface area contributed by atoms with Crippen molar-refractivity contribution in [2.75, 3.05) is 17.1 Å². The number of pyridine rings is 1. The van der Waals surface area contributed by atoms with E-state index in [0.29, 0.717) is 21.3 Å². The van der Waals surface area contributed by atoms with Crippen LogP contribution in [0.15, 0.2) is 65.8 Å². The van der Waals surface area contributed by atoms with Gasteiger partial charge in [-0.2, -0.15) is 0 Å². The van der Waals surface area contributed by atoms with Gasteiger partial charge in [-0.05, 0) is 48.9 Å². The number of hydrogen-bond donors (Lipinski definition) is 2. The van der Waals surface area contributed by atoms with Gasteiger partial charge in [0.1, 0.15) is 22.5 Å². The standard InChI is InChI=1S/C26H18F4N6O2S2/c1-13-6-8-16(28)24(20(13)29)40(37,38)36-17-5-3-4-15(21(17)30)22-23(18-10-11-32-26(31-2)34-18)39-25(35-22)19-9-7-14(27)12-33-19/h3-12,36H,1-2H3,(H,31,32,34). The van der Waals surface area contributed by atoms with E-state index in [0.717, 1.165) is 35.7 Å². The highest BCUT2D eigenvalue weighted by Crippen LogP contribution is 2.41. The number of hydrogen-bond acceptors (Lipinski definition) is 8. The summed E-state index contributed by atoms with van der Waals surface area (Å²) < 4.78 is 86.2. The molecule has 3 heterocycles. The van der Waals surface area contributed by atoms with E-state index >= 15 is 4.39 Å². The third-order valence-corrected chi connectivity index (χ3v) is 8.20. The molecule has 0 aliphatic carbocycles. The molecule has 0 fully saturated rings. The lowest BCUT2D eigenvalue weighted by Gasteiger charge is -2.13. The van der Waals surface area contributed by atoms with Crippen molar-refractivity contribution in [2.24, 2.45) is 0 Å². The second-order valence-corrected chi connectivity index (χ2v) is 11.0. The average molecular weight is 587 g/mol. The van der Waals surface area contributed by atoms with Gasteiger partial charge in [-0.15, -0.1) is 11.3 Å². The maximum Gasteiger partial charge on any atom is 0.267 e. The molecule has 14 heteroatoms. The molecule has 0 aliphatic rings. The van der Waals surface area contributed by atoms with E-state index in [9.17, 15) is 21.6 Å². The van der Waals surface area contributed by atoms with Crippen LogP contribution in [0.2, 0.25) is 0 Å². The second-order valence-electron chi connectivity index (χ2n) is 8.35. The highest BCUT2D eigenvalue weighted by atomic mass is 32.2. The number of nitrogens with one attached hydrogen (secondary N) is 2. The smallest absolute Gasteiger partial charge is 0.267 e. The highest BCUT2D eigenvalue weighted by molar-refractivity contribution is 7.92. The van der Waals surface area contributed by atoms with Crippen LogP contribution in [-0.4, -0.2) is 35.4 Å². The molecule has 0 aliphatic heterocycles. The predicted octanol–water partition coefficient (Wildman–Crippen LogP) is 6.04. The van der Waals surface area contributed by atoms with Crippen molar-refractivity contribution in [3.63, 3.8) is 0 Å². The van der Waals surface area contributed by atoms with Crippen LogP contribution in [0.5, 0.6) is 0 Å². The van der Waals surface area contributed by atoms with Gasteiger partial charge in [-0.25, -0.2) is 40.9 Å². The summed E-state index contributed by atoms with van der Waals surface area (Å²) in [7, 11) is -3.24. The van der Waals surface area contributed by atoms with Gasteiger partial charge in [0.2, 0.25) is 5.95 Å². The third kappa shape index (κ3) is 5.10. The largest absolute Gasteiger partial charge is 0.357 e. The number of halogens is 4. The van der Waals surface area contributed by atoms with E-state index in [1.54, 1.807) is 13.1 Å². The van der Waals surface area contributed by atoms with Crippen LogP contribution in [-0.2, 0) is 10.0 Å². The van der Waals surface area contributed by atoms with Gasteiger partial charge in [-0.1, -0.05) is 12.1 Å². The molecular formula is C26H18F4N6O2S2. The van der Waals surface area contributed by atoms with Crippen LogP contribution in [0.4, 0.5) is 29.2 Å². The first-order valence-corrected chi connectivity index (χ1v) is 13.8. The fourth-order valence-corrected chi connectivity index (χ4v) is 6.06. The SMILES string of the molecule is CNc1nccc(-c2sc(-c3ccc(F)cn3)nc2-c2cccc(NS(=O)(=O)c3c(F)ccc(C)c3F)c2F)n1. The number of rotatable bonds is 7. The van der Waals surface area contributed by atoms with Gasteiger partial charge in [0.15, 0.2) is 10.7 Å². The number of aromatic nitrogens is 4. The number of aryl methyl sites for hydroxylation is 1. The molecule has 0 amide bonds. The van der Waals surface area contributed by atoms with Crippen molar-refractivity contribution in [1.82, 2.24) is 19.9 Å². The quantitative estimate of drug-likeness (QED) is 0.224. The first-order chi connectivity index (χ1) is 19.1. The fourth-order valence-electron chi connectivity index (χ4n) is 3.76. The molecule has 204 valence electrons. The van der Waals surface area contributed by atoms with Crippen LogP contribution in [0, 0.1) is 30.2 Å². The van der Waals surface area contributed by atoms with Crippen molar-refractivity contribution in [3.8, 4) is 32.5 Å². The molecule has 5 rings (SSSR count). The van der Waals surface area contributed by atoms with Crippen molar-refractivity contribution in [2.45, 2.75) is 11.8 Å². The molecule has 3 aromatic heterocycles. The molecule has 40 heavy (non-hydrogen) atoms. The number of benzene rings is 2. The van der Waals surface area contributed by atoms with E-state index in [1.807, 2.05) is 4.72 Å². The van der Waals surface area contributed by atoms with Crippen molar-refractivity contribution in [3.05, 3.63) is 89.8 Å². The summed E-state index contributed by atoms with van der Waals surface area (Å²) in [5.41, 5.74) is -0.0282. The number of sulfonamides is 1. The molecule has 8 nitrogen and oxygen atoms in total. The van der Waals surface area contributed by atoms with E-state index in [1.165, 1.54) is 37.4 Å². The lowest BCUT2D eigenvalue weighted by molar-refractivity contribution is 0.516. The Bertz CT molecular complexity index is 1850. The minimum absolute atomic E-state index is 0.0818. The van der Waals surface area contributed by atoms with Crippen LogP contribution < -0.4 is 10.0 Å². The zero-order valence-electron chi connectivity index (χ0n) is 20.7. The lowest BCUT2D eigenvalue weighted by Crippen LogP contribution is -2.18. The first kappa shape index (κ1) is 27.1. The van der Waals surface area contributed by atoms with Crippen molar-refractivity contribution >= 4 is 33.0 Å². The molecule has 0 saturated heterocycles. The number of thiazole rings is 1. The van der Waals surface area contributed by atoms with Gasteiger partial charge < -0.3 is 5.32 Å². The Labute approximate surface area is 229 Å². The summed E-state index contributed by atoms with van der Waals surface area (Å²) in [4.78, 5) is 16.2. The zero-order valence-corrected chi connectivity index (χ0v) is 22.3. The second kappa shape index (κ2) is 10.6. The van der Waals surface area contributed by atoms with E-state index in [2.05, 4.69) is 25.3 Å². The summed E-state index contributed by atoms with van der Waals surface area (Å²) in [6.07, 6.45) is 2.50. The summed E-state index contributed by atoms with van der Waals surface area (Å²) in [6, 6.07) is 9.92. The molecule has 0 atom stereocenters. The molecule has 5 aromatic rings. The van der Waals surface area contributed by atoms with Gasteiger partial charge in [0.05, 0.1) is 33.8 Å². The average Bonchev–Trinajstić information content (AvgIpc) is 3.37. The topological polar surface area (TPSA) is 110 Å². The summed E-state index contributed by atoms with van der Waals surface area (Å²) in [5.74, 6) is -3.93. The molecule has 2 N–H and O–H groups in total. The highest BCUT2D eigenvalue weighted by Gasteiger charge is 2.28. The van der Waals surface area contributed by atoms with E-state index in [-0.39, 0.29) is 22.8 Å². The Morgan fingerprint density at radius 3 is 2.40 bits per heavy atom. The van der Waals surface area contributed by atoms with Gasteiger partial charge in [0.25, 0.3) is 10.0 Å². The maximum absolute atomic E-state index is 15.9. The Morgan fingerprint density at radius 2 is 1.68 bits per heavy atom. The van der Waals surface area contributed by atoms with E-state index in [4.69, 9.17) is 0 Å². The molecule has 0 unspecified atom stereocenters. The molecule has 0 radical (unpaired) electrons. The summed E-state index contributed by atoms with van der Waals surface area (Å²) >= 11 is 1.10. The van der Waals surface area contributed by atoms with Crippen LogP contribution in [0.25, 0.3) is 32.5 Å². The molecule has 0 spiro atoms.